The molecule has 2 N–H and O–H groups in total. The number of nitrogen functional groups attached to an aromatic ring is 1. The first kappa shape index (κ1) is 10.5. The Hall–Kier alpha value is -1.62. The Balaban J connectivity index is 3.15. The minimum absolute atomic E-state index is 0.0821. The van der Waals surface area contributed by atoms with Crippen molar-refractivity contribution in [1.29, 1.82) is 0 Å². The Labute approximate surface area is 82.3 Å². The van der Waals surface area contributed by atoms with Crippen molar-refractivity contribution in [3.8, 4) is 0 Å². The molecule has 0 heterocycles. The topological polar surface area (TPSA) is 72.4 Å². The fraction of sp³-hybridized carbons (Fsp3) is 0.333. The Morgan fingerprint density at radius 1 is 1.50 bits per heavy atom. The first-order valence-electron chi connectivity index (χ1n) is 4.19. The molecule has 0 radical (unpaired) electrons. The number of anilines is 1. The third kappa shape index (κ3) is 2.20. The monoisotopic (exact) mass is 195 g/mol. The van der Waals surface area contributed by atoms with Gasteiger partial charge in [-0.1, -0.05) is 6.07 Å². The van der Waals surface area contributed by atoms with E-state index in [9.17, 15) is 10.1 Å². The first-order valence-corrected chi connectivity index (χ1v) is 4.19. The molecule has 0 aliphatic heterocycles. The van der Waals surface area contributed by atoms with Crippen LogP contribution in [0.1, 0.15) is 5.56 Å². The SMILES string of the molecule is CN(C)Cc1c(N)cccc1[N+](=O)[O-]. The molecule has 0 aromatic heterocycles. The molecule has 1 aromatic carbocycles. The minimum Gasteiger partial charge on any atom is -0.398 e. The van der Waals surface area contributed by atoms with Gasteiger partial charge in [-0.15, -0.1) is 0 Å². The molecule has 1 aromatic rings. The number of nitrogens with two attached hydrogens (primary N) is 1. The molecule has 0 aliphatic carbocycles. The molecule has 0 spiro atoms. The van der Waals surface area contributed by atoms with E-state index in [4.69, 9.17) is 5.73 Å². The molecular formula is C9H13N3O2. The average Bonchev–Trinajstić information content (AvgIpc) is 2.07. The Morgan fingerprint density at radius 3 is 2.64 bits per heavy atom. The third-order valence-corrected chi connectivity index (χ3v) is 1.86. The van der Waals surface area contributed by atoms with Crippen molar-refractivity contribution < 1.29 is 4.92 Å². The van der Waals surface area contributed by atoms with Crippen LogP contribution >= 0.6 is 0 Å². The van der Waals surface area contributed by atoms with Gasteiger partial charge in [-0.2, -0.15) is 0 Å². The van der Waals surface area contributed by atoms with Crippen molar-refractivity contribution in [2.75, 3.05) is 19.8 Å². The van der Waals surface area contributed by atoms with Crippen LogP contribution < -0.4 is 5.73 Å². The van der Waals surface area contributed by atoms with Gasteiger partial charge in [0.15, 0.2) is 0 Å². The lowest BCUT2D eigenvalue weighted by atomic mass is 10.1. The minimum atomic E-state index is -0.408. The maximum Gasteiger partial charge on any atom is 0.275 e. The Morgan fingerprint density at radius 2 is 2.14 bits per heavy atom. The van der Waals surface area contributed by atoms with E-state index in [-0.39, 0.29) is 5.69 Å². The van der Waals surface area contributed by atoms with Crippen LogP contribution in [-0.4, -0.2) is 23.9 Å². The third-order valence-electron chi connectivity index (χ3n) is 1.86. The summed E-state index contributed by atoms with van der Waals surface area (Å²) in [5.41, 5.74) is 6.80. The van der Waals surface area contributed by atoms with E-state index >= 15 is 0 Å². The molecule has 0 saturated heterocycles. The molecule has 14 heavy (non-hydrogen) atoms. The predicted molar refractivity (Wildman–Crippen MR) is 54.9 cm³/mol. The highest BCUT2D eigenvalue weighted by molar-refractivity contribution is 5.57. The summed E-state index contributed by atoms with van der Waals surface area (Å²) < 4.78 is 0. The zero-order valence-electron chi connectivity index (χ0n) is 8.23. The second-order valence-corrected chi connectivity index (χ2v) is 3.34. The first-order chi connectivity index (χ1) is 6.52. The van der Waals surface area contributed by atoms with Crippen LogP contribution in [0.4, 0.5) is 11.4 Å². The molecule has 0 unspecified atom stereocenters. The van der Waals surface area contributed by atoms with Gasteiger partial charge in [-0.25, -0.2) is 0 Å². The molecule has 0 saturated carbocycles. The number of nitro groups is 1. The van der Waals surface area contributed by atoms with E-state index in [1.54, 1.807) is 12.1 Å². The lowest BCUT2D eigenvalue weighted by molar-refractivity contribution is -0.385. The standard InChI is InChI=1S/C9H13N3O2/c1-11(2)6-7-8(10)4-3-5-9(7)12(13)14/h3-5H,6,10H2,1-2H3. The van der Waals surface area contributed by atoms with Crippen molar-refractivity contribution in [2.24, 2.45) is 0 Å². The fourth-order valence-electron chi connectivity index (χ4n) is 1.25. The lowest BCUT2D eigenvalue weighted by Gasteiger charge is -2.11. The van der Waals surface area contributed by atoms with Gasteiger partial charge >= 0.3 is 0 Å². The molecule has 5 nitrogen and oxygen atoms in total. The largest absolute Gasteiger partial charge is 0.398 e. The van der Waals surface area contributed by atoms with E-state index < -0.39 is 4.92 Å². The summed E-state index contributed by atoms with van der Waals surface area (Å²) in [6, 6.07) is 4.73. The fourth-order valence-corrected chi connectivity index (χ4v) is 1.25. The molecule has 0 bridgehead atoms. The summed E-state index contributed by atoms with van der Waals surface area (Å²) in [4.78, 5) is 12.1. The maximum absolute atomic E-state index is 10.7. The highest BCUT2D eigenvalue weighted by Gasteiger charge is 2.15. The molecular weight excluding hydrogens is 182 g/mol. The number of hydrogen-bond donors (Lipinski definition) is 1. The average molecular weight is 195 g/mol. The summed E-state index contributed by atoms with van der Waals surface area (Å²) >= 11 is 0. The number of benzene rings is 1. The van der Waals surface area contributed by atoms with E-state index in [2.05, 4.69) is 0 Å². The van der Waals surface area contributed by atoms with Gasteiger partial charge in [-0.05, 0) is 20.2 Å². The number of rotatable bonds is 3. The molecule has 76 valence electrons. The van der Waals surface area contributed by atoms with Crippen molar-refractivity contribution >= 4 is 11.4 Å². The summed E-state index contributed by atoms with van der Waals surface area (Å²) in [6.45, 7) is 0.475. The molecule has 0 amide bonds. The quantitative estimate of drug-likeness (QED) is 0.447. The maximum atomic E-state index is 10.7. The Kier molecular flexibility index (Phi) is 3.03. The molecule has 0 aliphatic rings. The van der Waals surface area contributed by atoms with E-state index in [0.717, 1.165) is 0 Å². The van der Waals surface area contributed by atoms with Crippen LogP contribution in [0.25, 0.3) is 0 Å². The molecule has 1 rings (SSSR count). The van der Waals surface area contributed by atoms with Gasteiger partial charge in [0.2, 0.25) is 0 Å². The van der Waals surface area contributed by atoms with Gasteiger partial charge in [0.05, 0.1) is 10.5 Å². The number of nitro benzene ring substituents is 1. The van der Waals surface area contributed by atoms with Crippen LogP contribution in [0.2, 0.25) is 0 Å². The van der Waals surface area contributed by atoms with Crippen molar-refractivity contribution in [3.05, 3.63) is 33.9 Å². The van der Waals surface area contributed by atoms with Crippen LogP contribution in [0.3, 0.4) is 0 Å². The van der Waals surface area contributed by atoms with Crippen molar-refractivity contribution in [2.45, 2.75) is 6.54 Å². The van der Waals surface area contributed by atoms with Gasteiger partial charge in [0, 0.05) is 18.3 Å². The summed E-state index contributed by atoms with van der Waals surface area (Å²) in [6.07, 6.45) is 0. The summed E-state index contributed by atoms with van der Waals surface area (Å²) in [5, 5.41) is 10.7. The van der Waals surface area contributed by atoms with E-state index in [1.165, 1.54) is 6.07 Å². The number of nitrogens with zero attached hydrogens (tertiary/aromatic N) is 2. The van der Waals surface area contributed by atoms with Crippen molar-refractivity contribution in [3.63, 3.8) is 0 Å². The highest BCUT2D eigenvalue weighted by atomic mass is 16.6. The number of hydrogen-bond acceptors (Lipinski definition) is 4. The van der Waals surface area contributed by atoms with E-state index in [1.807, 2.05) is 19.0 Å². The van der Waals surface area contributed by atoms with Crippen LogP contribution in [0, 0.1) is 10.1 Å². The highest BCUT2D eigenvalue weighted by Crippen LogP contribution is 2.24. The Bertz CT molecular complexity index is 350. The lowest BCUT2D eigenvalue weighted by Crippen LogP contribution is -2.13. The summed E-state index contributed by atoms with van der Waals surface area (Å²) in [7, 11) is 3.69. The van der Waals surface area contributed by atoms with Gasteiger partial charge in [0.1, 0.15) is 0 Å². The van der Waals surface area contributed by atoms with Crippen LogP contribution in [0.5, 0.6) is 0 Å². The zero-order chi connectivity index (χ0) is 10.7. The second-order valence-electron chi connectivity index (χ2n) is 3.34. The zero-order valence-corrected chi connectivity index (χ0v) is 8.23. The van der Waals surface area contributed by atoms with Gasteiger partial charge < -0.3 is 10.6 Å². The normalized spacial score (nSPS) is 10.5. The van der Waals surface area contributed by atoms with Gasteiger partial charge in [0.25, 0.3) is 5.69 Å². The summed E-state index contributed by atoms with van der Waals surface area (Å²) in [5.74, 6) is 0. The van der Waals surface area contributed by atoms with Crippen LogP contribution in [-0.2, 0) is 6.54 Å². The molecule has 0 fully saturated rings. The molecule has 0 atom stereocenters. The van der Waals surface area contributed by atoms with Crippen LogP contribution in [0.15, 0.2) is 18.2 Å². The smallest absolute Gasteiger partial charge is 0.275 e. The molecule has 5 heteroatoms. The van der Waals surface area contributed by atoms with E-state index in [0.29, 0.717) is 17.8 Å². The predicted octanol–water partition coefficient (Wildman–Crippen LogP) is 1.24. The van der Waals surface area contributed by atoms with Crippen molar-refractivity contribution in [1.82, 2.24) is 4.90 Å². The second kappa shape index (κ2) is 4.06. The van der Waals surface area contributed by atoms with Gasteiger partial charge in [-0.3, -0.25) is 10.1 Å².